The van der Waals surface area contributed by atoms with Gasteiger partial charge < -0.3 is 34.9 Å². The highest BCUT2D eigenvalue weighted by molar-refractivity contribution is 6.02. The van der Waals surface area contributed by atoms with Crippen LogP contribution < -0.4 is 10.6 Å². The Labute approximate surface area is 347 Å². The maximum Gasteiger partial charge on any atom is 0.407 e. The van der Waals surface area contributed by atoms with E-state index in [1.807, 2.05) is 15.9 Å². The van der Waals surface area contributed by atoms with Crippen molar-refractivity contribution in [1.82, 2.24) is 30.4 Å². The van der Waals surface area contributed by atoms with Crippen molar-refractivity contribution < 1.29 is 28.7 Å². The number of amides is 4. The third-order valence-electron chi connectivity index (χ3n) is 13.1. The summed E-state index contributed by atoms with van der Waals surface area (Å²) in [7, 11) is 2.64. The Hall–Kier alpha value is -6.24. The van der Waals surface area contributed by atoms with Crippen molar-refractivity contribution in [2.75, 3.05) is 27.3 Å². The van der Waals surface area contributed by atoms with E-state index in [4.69, 9.17) is 19.5 Å². The highest BCUT2D eigenvalue weighted by Gasteiger charge is 2.45. The van der Waals surface area contributed by atoms with Gasteiger partial charge in [0.15, 0.2) is 0 Å². The van der Waals surface area contributed by atoms with Crippen LogP contribution in [0.25, 0.3) is 44.1 Å². The van der Waals surface area contributed by atoms with Crippen LogP contribution in [0.5, 0.6) is 0 Å². The number of alkyl carbamates (subject to hydrolysis) is 2. The lowest BCUT2D eigenvalue weighted by atomic mass is 9.95. The molecule has 1 aromatic heterocycles. The molecule has 4 atom stereocenters. The second-order valence-electron chi connectivity index (χ2n) is 17.0. The molecule has 0 spiro atoms. The fourth-order valence-electron chi connectivity index (χ4n) is 9.61. The Morgan fingerprint density at radius 2 is 1.20 bits per heavy atom. The molecule has 0 radical (unpaired) electrons. The van der Waals surface area contributed by atoms with E-state index < -0.39 is 24.3 Å². The number of fused-ring (bicyclic) bond motifs is 3. The highest BCUT2D eigenvalue weighted by Crippen LogP contribution is 2.40. The predicted molar refractivity (Wildman–Crippen MR) is 228 cm³/mol. The van der Waals surface area contributed by atoms with Crippen LogP contribution in [-0.4, -0.2) is 94.9 Å². The van der Waals surface area contributed by atoms with Gasteiger partial charge in [0.25, 0.3) is 0 Å². The van der Waals surface area contributed by atoms with Crippen molar-refractivity contribution in [2.24, 2.45) is 16.8 Å². The Bertz CT molecular complexity index is 2580. The number of carbonyl (C=O) groups is 4. The minimum atomic E-state index is -0.579. The SMILES string of the molecule is COC(=O)NC(C(=O)N1CCC[C@H]1c1nc2ccc(-c3ccc4cc(-c5ccc6c(c5)CC([C@@H]5CCCN5C(=O)[C@@H](NC(=O)OC)C5CC5)=N6)ccc4c3)cc2[nH]1)C1CC1. The number of likely N-dealkylation sites (tertiary alicyclic amines) is 2. The van der Waals surface area contributed by atoms with Crippen LogP contribution in [-0.2, 0) is 25.5 Å². The first-order valence-corrected chi connectivity index (χ1v) is 21.3. The lowest BCUT2D eigenvalue weighted by Gasteiger charge is -2.29. The Balaban J connectivity index is 0.830. The minimum Gasteiger partial charge on any atom is -0.453 e. The van der Waals surface area contributed by atoms with E-state index >= 15 is 0 Å². The van der Waals surface area contributed by atoms with Crippen molar-refractivity contribution in [3.05, 3.63) is 84.2 Å². The molecule has 10 rings (SSSR count). The summed E-state index contributed by atoms with van der Waals surface area (Å²) < 4.78 is 9.64. The number of nitrogens with zero attached hydrogens (tertiary/aromatic N) is 4. The molecule has 3 N–H and O–H groups in total. The average Bonchev–Trinajstić information content (AvgIpc) is 4.05. The average molecular weight is 808 g/mol. The number of aliphatic imine (C=N–C) groups is 1. The molecule has 308 valence electrons. The number of aromatic nitrogens is 2. The Kier molecular flexibility index (Phi) is 9.76. The molecule has 4 amide bonds. The van der Waals surface area contributed by atoms with Gasteiger partial charge in [0.05, 0.1) is 43.0 Å². The number of benzene rings is 4. The highest BCUT2D eigenvalue weighted by atomic mass is 16.5. The number of methoxy groups -OCH3 is 2. The number of hydrogen-bond acceptors (Lipinski definition) is 8. The zero-order chi connectivity index (χ0) is 41.1. The van der Waals surface area contributed by atoms with Crippen LogP contribution >= 0.6 is 0 Å². The van der Waals surface area contributed by atoms with E-state index in [-0.39, 0.29) is 35.7 Å². The van der Waals surface area contributed by atoms with Crippen LogP contribution in [0.3, 0.4) is 0 Å². The van der Waals surface area contributed by atoms with Crippen molar-refractivity contribution in [3.8, 4) is 22.3 Å². The molecule has 4 fully saturated rings. The maximum absolute atomic E-state index is 13.7. The maximum atomic E-state index is 13.7. The molecular formula is C47H49N7O6. The van der Waals surface area contributed by atoms with E-state index in [0.717, 1.165) is 118 Å². The largest absolute Gasteiger partial charge is 0.453 e. The molecule has 13 nitrogen and oxygen atoms in total. The molecule has 60 heavy (non-hydrogen) atoms. The molecule has 2 aliphatic carbocycles. The van der Waals surface area contributed by atoms with Crippen LogP contribution in [0.2, 0.25) is 0 Å². The molecule has 4 heterocycles. The fraction of sp³-hybridized carbons (Fsp3) is 0.404. The van der Waals surface area contributed by atoms with E-state index in [1.54, 1.807) is 0 Å². The molecule has 4 aromatic carbocycles. The topological polar surface area (TPSA) is 158 Å². The van der Waals surface area contributed by atoms with Crippen LogP contribution in [0.1, 0.15) is 68.8 Å². The molecule has 13 heteroatoms. The quantitative estimate of drug-likeness (QED) is 0.131. The summed E-state index contributed by atoms with van der Waals surface area (Å²) in [5, 5.41) is 7.85. The van der Waals surface area contributed by atoms with Gasteiger partial charge in [-0.05, 0) is 138 Å². The molecule has 3 aliphatic heterocycles. The van der Waals surface area contributed by atoms with Crippen molar-refractivity contribution in [2.45, 2.75) is 82.0 Å². The second-order valence-corrected chi connectivity index (χ2v) is 17.0. The first kappa shape index (κ1) is 38.0. The number of ether oxygens (including phenoxy) is 2. The summed E-state index contributed by atoms with van der Waals surface area (Å²) in [6, 6.07) is 24.4. The summed E-state index contributed by atoms with van der Waals surface area (Å²) in [5.74, 6) is 0.976. The number of carbonyl (C=O) groups excluding carboxylic acids is 4. The van der Waals surface area contributed by atoms with Gasteiger partial charge in [-0.25, -0.2) is 14.6 Å². The lowest BCUT2D eigenvalue weighted by molar-refractivity contribution is -0.135. The van der Waals surface area contributed by atoms with Gasteiger partial charge in [-0.15, -0.1) is 0 Å². The van der Waals surface area contributed by atoms with Gasteiger partial charge in [-0.2, -0.15) is 0 Å². The monoisotopic (exact) mass is 807 g/mol. The summed E-state index contributed by atoms with van der Waals surface area (Å²) in [5.41, 5.74) is 9.30. The number of rotatable bonds is 10. The van der Waals surface area contributed by atoms with Crippen LogP contribution in [0.15, 0.2) is 77.8 Å². The molecule has 5 aromatic rings. The zero-order valence-electron chi connectivity index (χ0n) is 33.9. The van der Waals surface area contributed by atoms with Gasteiger partial charge in [0.1, 0.15) is 17.9 Å². The summed E-state index contributed by atoms with van der Waals surface area (Å²) in [6.07, 6.45) is 6.71. The third kappa shape index (κ3) is 7.24. The predicted octanol–water partition coefficient (Wildman–Crippen LogP) is 7.60. The van der Waals surface area contributed by atoms with Gasteiger partial charge in [-0.1, -0.05) is 36.4 Å². The molecule has 1 unspecified atom stereocenters. The Morgan fingerprint density at radius 1 is 0.667 bits per heavy atom. The van der Waals surface area contributed by atoms with Gasteiger partial charge in [0.2, 0.25) is 11.8 Å². The second kappa shape index (κ2) is 15.4. The van der Waals surface area contributed by atoms with Crippen molar-refractivity contribution in [3.63, 3.8) is 0 Å². The van der Waals surface area contributed by atoms with Crippen LogP contribution in [0.4, 0.5) is 15.3 Å². The van der Waals surface area contributed by atoms with E-state index in [1.165, 1.54) is 14.2 Å². The van der Waals surface area contributed by atoms with E-state index in [2.05, 4.69) is 82.3 Å². The van der Waals surface area contributed by atoms with Crippen molar-refractivity contribution in [1.29, 1.82) is 0 Å². The first-order valence-electron chi connectivity index (χ1n) is 21.3. The molecule has 5 aliphatic rings. The van der Waals surface area contributed by atoms with Crippen LogP contribution in [0, 0.1) is 11.8 Å². The first-order chi connectivity index (χ1) is 29.2. The molecule has 2 saturated carbocycles. The zero-order valence-corrected chi connectivity index (χ0v) is 33.9. The number of aromatic amines is 1. The third-order valence-corrected chi connectivity index (χ3v) is 13.1. The normalized spacial score (nSPS) is 20.8. The molecule has 0 bridgehead atoms. The molecule has 2 saturated heterocycles. The summed E-state index contributed by atoms with van der Waals surface area (Å²) in [6.45, 7) is 1.29. The Morgan fingerprint density at radius 3 is 1.80 bits per heavy atom. The van der Waals surface area contributed by atoms with E-state index in [9.17, 15) is 19.2 Å². The molecular weight excluding hydrogens is 759 g/mol. The van der Waals surface area contributed by atoms with Crippen molar-refractivity contribution >= 4 is 57.2 Å². The standard InChI is InChI=1S/C47H49N7O6/c1-59-46(57)51-41(26-7-8-26)44(55)53-19-3-5-39(53)38-25-34-23-32(15-17-35(34)48-38)30-12-11-29-22-31(14-13-28(29)21-30)33-16-18-36-37(24-33)50-43(49-36)40-6-4-20-54(40)45(56)42(27-9-10-27)52-47(58)60-2/h11-18,21-24,26-27,39-42H,3-10,19-20,25H2,1-2H3,(H,49,50)(H,51,57)(H,52,58)/t39-,40-,41-,42?/m0/s1. The lowest BCUT2D eigenvalue weighted by Crippen LogP contribution is -2.52. The number of H-pyrrole nitrogens is 1. The number of hydrogen-bond donors (Lipinski definition) is 3. The van der Waals surface area contributed by atoms with Gasteiger partial charge in [0, 0.05) is 25.2 Å². The van der Waals surface area contributed by atoms with E-state index in [0.29, 0.717) is 19.5 Å². The smallest absolute Gasteiger partial charge is 0.407 e. The summed E-state index contributed by atoms with van der Waals surface area (Å²) in [4.78, 5) is 68.8. The van der Waals surface area contributed by atoms with Gasteiger partial charge in [-0.3, -0.25) is 14.6 Å². The fourth-order valence-corrected chi connectivity index (χ4v) is 9.61. The minimum absolute atomic E-state index is 0.0318. The number of nitrogens with one attached hydrogen (secondary N) is 3. The summed E-state index contributed by atoms with van der Waals surface area (Å²) >= 11 is 0. The number of imidazole rings is 1. The van der Waals surface area contributed by atoms with Gasteiger partial charge >= 0.3 is 12.2 Å².